The molecular formula is C21H25NO5. The molecule has 2 atom stereocenters. The third-order valence-corrected chi connectivity index (χ3v) is 4.30. The van der Waals surface area contributed by atoms with Crippen LogP contribution in [0.5, 0.6) is 17.2 Å². The first kappa shape index (κ1) is 19.0. The van der Waals surface area contributed by atoms with Crippen LogP contribution in [0.1, 0.15) is 19.8 Å². The van der Waals surface area contributed by atoms with Crippen LogP contribution in [0.15, 0.2) is 48.5 Å². The summed E-state index contributed by atoms with van der Waals surface area (Å²) in [6, 6.07) is 14.4. The molecule has 1 aliphatic heterocycles. The smallest absolute Gasteiger partial charge is 0.265 e. The molecule has 1 N–H and O–H groups in total. The van der Waals surface area contributed by atoms with Crippen molar-refractivity contribution in [1.29, 1.82) is 0 Å². The Morgan fingerprint density at radius 3 is 2.67 bits per heavy atom. The van der Waals surface area contributed by atoms with Gasteiger partial charge in [0.25, 0.3) is 5.91 Å². The fourth-order valence-electron chi connectivity index (χ4n) is 2.78. The quantitative estimate of drug-likeness (QED) is 0.767. The topological polar surface area (TPSA) is 66.0 Å². The minimum atomic E-state index is -0.644. The number of anilines is 1. The number of rotatable bonds is 8. The predicted octanol–water partition coefficient (Wildman–Crippen LogP) is 3.66. The van der Waals surface area contributed by atoms with Gasteiger partial charge in [-0.05, 0) is 56.2 Å². The van der Waals surface area contributed by atoms with Crippen molar-refractivity contribution in [3.63, 3.8) is 0 Å². The predicted molar refractivity (Wildman–Crippen MR) is 103 cm³/mol. The molecule has 0 saturated carbocycles. The molecule has 0 aromatic heterocycles. The van der Waals surface area contributed by atoms with E-state index in [4.69, 9.17) is 18.9 Å². The van der Waals surface area contributed by atoms with Gasteiger partial charge in [-0.25, -0.2) is 0 Å². The summed E-state index contributed by atoms with van der Waals surface area (Å²) in [6.45, 7) is 3.03. The molecule has 1 amide bonds. The van der Waals surface area contributed by atoms with E-state index in [-0.39, 0.29) is 12.0 Å². The van der Waals surface area contributed by atoms with Crippen LogP contribution in [0.25, 0.3) is 0 Å². The van der Waals surface area contributed by atoms with Gasteiger partial charge in [0.05, 0.1) is 13.2 Å². The Bertz CT molecular complexity index is 740. The van der Waals surface area contributed by atoms with Crippen molar-refractivity contribution in [2.75, 3.05) is 25.6 Å². The maximum absolute atomic E-state index is 12.4. The Morgan fingerprint density at radius 2 is 1.96 bits per heavy atom. The molecule has 1 aliphatic rings. The Morgan fingerprint density at radius 1 is 1.19 bits per heavy atom. The molecule has 1 saturated heterocycles. The van der Waals surface area contributed by atoms with E-state index in [1.54, 1.807) is 44.4 Å². The van der Waals surface area contributed by atoms with Gasteiger partial charge in [-0.1, -0.05) is 6.07 Å². The lowest BCUT2D eigenvalue weighted by Gasteiger charge is -2.16. The van der Waals surface area contributed by atoms with Gasteiger partial charge in [-0.15, -0.1) is 0 Å². The molecule has 2 aromatic carbocycles. The minimum Gasteiger partial charge on any atom is -0.497 e. The van der Waals surface area contributed by atoms with Crippen LogP contribution in [0.4, 0.5) is 5.69 Å². The molecule has 1 heterocycles. The van der Waals surface area contributed by atoms with Crippen molar-refractivity contribution in [3.8, 4) is 17.2 Å². The van der Waals surface area contributed by atoms with E-state index in [1.807, 2.05) is 18.2 Å². The van der Waals surface area contributed by atoms with Crippen LogP contribution in [-0.4, -0.2) is 38.4 Å². The average Bonchev–Trinajstić information content (AvgIpc) is 3.21. The normalized spacial score (nSPS) is 17.2. The van der Waals surface area contributed by atoms with Gasteiger partial charge < -0.3 is 24.3 Å². The first-order valence-electron chi connectivity index (χ1n) is 9.10. The third-order valence-electron chi connectivity index (χ3n) is 4.30. The number of methoxy groups -OCH3 is 1. The molecule has 2 aromatic rings. The number of hydrogen-bond donors (Lipinski definition) is 1. The number of carbonyl (C=O) groups excluding carboxylic acids is 1. The van der Waals surface area contributed by atoms with Crippen LogP contribution in [0, 0.1) is 0 Å². The molecule has 0 spiro atoms. The van der Waals surface area contributed by atoms with Crippen molar-refractivity contribution in [1.82, 2.24) is 0 Å². The fraction of sp³-hybridized carbons (Fsp3) is 0.381. The van der Waals surface area contributed by atoms with Gasteiger partial charge >= 0.3 is 0 Å². The van der Waals surface area contributed by atoms with Gasteiger partial charge in [-0.3, -0.25) is 4.79 Å². The lowest BCUT2D eigenvalue weighted by molar-refractivity contribution is -0.122. The summed E-state index contributed by atoms with van der Waals surface area (Å²) in [6.07, 6.45) is 1.61. The molecule has 3 rings (SSSR count). The number of benzene rings is 2. The van der Waals surface area contributed by atoms with Crippen LogP contribution in [0.3, 0.4) is 0 Å². The van der Waals surface area contributed by atoms with E-state index < -0.39 is 6.10 Å². The summed E-state index contributed by atoms with van der Waals surface area (Å²) in [5.41, 5.74) is 0.662. The van der Waals surface area contributed by atoms with Crippen LogP contribution >= 0.6 is 0 Å². The number of hydrogen-bond acceptors (Lipinski definition) is 5. The highest BCUT2D eigenvalue weighted by atomic mass is 16.5. The standard InChI is InChI=1S/C21H25NO5/c1-15(27-18-10-8-17(24-2)9-11-18)21(23)22-16-5-3-6-19(13-16)26-14-20-7-4-12-25-20/h3,5-6,8-11,13,15,20H,4,7,12,14H2,1-2H3,(H,22,23). The Labute approximate surface area is 159 Å². The van der Waals surface area contributed by atoms with Crippen LogP contribution in [-0.2, 0) is 9.53 Å². The van der Waals surface area contributed by atoms with E-state index in [9.17, 15) is 4.79 Å². The number of carbonyl (C=O) groups is 1. The zero-order valence-corrected chi connectivity index (χ0v) is 15.6. The van der Waals surface area contributed by atoms with E-state index in [2.05, 4.69) is 5.32 Å². The summed E-state index contributed by atoms with van der Waals surface area (Å²) in [7, 11) is 1.60. The molecule has 0 radical (unpaired) electrons. The monoisotopic (exact) mass is 371 g/mol. The van der Waals surface area contributed by atoms with E-state index in [1.165, 1.54) is 0 Å². The summed E-state index contributed by atoms with van der Waals surface area (Å²) in [4.78, 5) is 12.4. The lowest BCUT2D eigenvalue weighted by Crippen LogP contribution is -2.30. The van der Waals surface area contributed by atoms with Gasteiger partial charge in [0.15, 0.2) is 6.10 Å². The summed E-state index contributed by atoms with van der Waals surface area (Å²) < 4.78 is 22.1. The second-order valence-corrected chi connectivity index (χ2v) is 6.40. The van der Waals surface area contributed by atoms with Crippen molar-refractivity contribution < 1.29 is 23.7 Å². The van der Waals surface area contributed by atoms with E-state index >= 15 is 0 Å². The van der Waals surface area contributed by atoms with Crippen LogP contribution in [0.2, 0.25) is 0 Å². The molecule has 144 valence electrons. The highest BCUT2D eigenvalue weighted by Gasteiger charge is 2.17. The Kier molecular flexibility index (Phi) is 6.54. The maximum Gasteiger partial charge on any atom is 0.265 e. The highest BCUT2D eigenvalue weighted by Crippen LogP contribution is 2.21. The largest absolute Gasteiger partial charge is 0.497 e. The second kappa shape index (κ2) is 9.28. The zero-order chi connectivity index (χ0) is 19.1. The van der Waals surface area contributed by atoms with Gasteiger partial charge in [-0.2, -0.15) is 0 Å². The Hall–Kier alpha value is -2.73. The Balaban J connectivity index is 1.52. The summed E-state index contributed by atoms with van der Waals surface area (Å²) >= 11 is 0. The molecule has 27 heavy (non-hydrogen) atoms. The summed E-state index contributed by atoms with van der Waals surface area (Å²) in [5.74, 6) is 1.81. The SMILES string of the molecule is COc1ccc(OC(C)C(=O)Nc2cccc(OCC3CCCO3)c2)cc1. The minimum absolute atomic E-state index is 0.154. The first-order chi connectivity index (χ1) is 13.1. The summed E-state index contributed by atoms with van der Waals surface area (Å²) in [5, 5.41) is 2.85. The molecule has 2 unspecified atom stereocenters. The molecule has 1 fully saturated rings. The van der Waals surface area contributed by atoms with E-state index in [0.717, 1.165) is 25.2 Å². The lowest BCUT2D eigenvalue weighted by atomic mass is 10.2. The van der Waals surface area contributed by atoms with Crippen molar-refractivity contribution in [2.24, 2.45) is 0 Å². The number of amides is 1. The molecule has 0 bridgehead atoms. The molecular weight excluding hydrogens is 346 g/mol. The maximum atomic E-state index is 12.4. The highest BCUT2D eigenvalue weighted by molar-refractivity contribution is 5.94. The molecule has 6 nitrogen and oxygen atoms in total. The van der Waals surface area contributed by atoms with Crippen molar-refractivity contribution in [3.05, 3.63) is 48.5 Å². The van der Waals surface area contributed by atoms with Crippen molar-refractivity contribution >= 4 is 11.6 Å². The van der Waals surface area contributed by atoms with Gasteiger partial charge in [0.1, 0.15) is 23.9 Å². The average molecular weight is 371 g/mol. The number of ether oxygens (including phenoxy) is 4. The molecule has 6 heteroatoms. The van der Waals surface area contributed by atoms with E-state index in [0.29, 0.717) is 23.8 Å². The van der Waals surface area contributed by atoms with Crippen molar-refractivity contribution in [2.45, 2.75) is 32.0 Å². The zero-order valence-electron chi connectivity index (χ0n) is 15.6. The van der Waals surface area contributed by atoms with Gasteiger partial charge in [0.2, 0.25) is 0 Å². The van der Waals surface area contributed by atoms with Crippen LogP contribution < -0.4 is 19.5 Å². The first-order valence-corrected chi connectivity index (χ1v) is 9.10. The number of nitrogens with one attached hydrogen (secondary N) is 1. The second-order valence-electron chi connectivity index (χ2n) is 6.40. The van der Waals surface area contributed by atoms with Gasteiger partial charge in [0, 0.05) is 18.4 Å². The fourth-order valence-corrected chi connectivity index (χ4v) is 2.78. The molecule has 0 aliphatic carbocycles. The third kappa shape index (κ3) is 5.62.